The fraction of sp³-hybridized carbons (Fsp3) is 0.444. The van der Waals surface area contributed by atoms with Crippen LogP contribution in [0.2, 0.25) is 19.6 Å². The molecule has 19 heavy (non-hydrogen) atoms. The standard InChI is InChI=1S/C18H28Si/c1-18(2,3)13-8-11-16-9-7-10-17(15-16)12-14-19(4,5)6/h7-10,12-15H,11H2,1-6H3/b13-8+,14-12+. The first-order chi connectivity index (χ1) is 8.66. The van der Waals surface area contributed by atoms with E-state index in [0.29, 0.717) is 0 Å². The quantitative estimate of drug-likeness (QED) is 0.485. The summed E-state index contributed by atoms with van der Waals surface area (Å²) in [7, 11) is -1.10. The monoisotopic (exact) mass is 272 g/mol. The van der Waals surface area contributed by atoms with E-state index in [1.54, 1.807) is 0 Å². The molecule has 1 aromatic rings. The zero-order chi connectivity index (χ0) is 14.5. The third-order valence-electron chi connectivity index (χ3n) is 2.70. The molecule has 0 bridgehead atoms. The molecule has 0 aliphatic rings. The lowest BCUT2D eigenvalue weighted by atomic mass is 9.95. The maximum atomic E-state index is 2.40. The Morgan fingerprint density at radius 3 is 2.37 bits per heavy atom. The number of benzene rings is 1. The predicted molar refractivity (Wildman–Crippen MR) is 91.1 cm³/mol. The molecule has 104 valence electrons. The molecule has 1 aromatic carbocycles. The molecule has 0 unspecified atom stereocenters. The third-order valence-corrected chi connectivity index (χ3v) is 3.86. The fourth-order valence-electron chi connectivity index (χ4n) is 1.72. The zero-order valence-corrected chi connectivity index (χ0v) is 14.3. The van der Waals surface area contributed by atoms with Crippen molar-refractivity contribution in [1.82, 2.24) is 0 Å². The molecule has 0 spiro atoms. The van der Waals surface area contributed by atoms with Crippen LogP contribution in [0, 0.1) is 5.41 Å². The fourth-order valence-corrected chi connectivity index (χ4v) is 2.41. The Hall–Kier alpha value is -1.08. The minimum atomic E-state index is -1.10. The zero-order valence-electron chi connectivity index (χ0n) is 13.3. The third kappa shape index (κ3) is 7.84. The van der Waals surface area contributed by atoms with Gasteiger partial charge in [-0.2, -0.15) is 0 Å². The van der Waals surface area contributed by atoms with Crippen LogP contribution in [0.5, 0.6) is 0 Å². The van der Waals surface area contributed by atoms with Crippen LogP contribution in [-0.4, -0.2) is 8.07 Å². The lowest BCUT2D eigenvalue weighted by Crippen LogP contribution is -2.15. The molecule has 0 aliphatic heterocycles. The van der Waals surface area contributed by atoms with E-state index in [1.807, 2.05) is 0 Å². The summed E-state index contributed by atoms with van der Waals surface area (Å²) < 4.78 is 0. The SMILES string of the molecule is CC(C)(C)/C=C/Cc1cccc(/C=C/[Si](C)(C)C)c1. The molecule has 0 saturated carbocycles. The van der Waals surface area contributed by atoms with E-state index in [1.165, 1.54) is 11.1 Å². The van der Waals surface area contributed by atoms with E-state index in [-0.39, 0.29) is 5.41 Å². The molecule has 0 saturated heterocycles. The summed E-state index contributed by atoms with van der Waals surface area (Å²) in [4.78, 5) is 0. The van der Waals surface area contributed by atoms with Crippen molar-refractivity contribution in [2.75, 3.05) is 0 Å². The molecule has 0 fully saturated rings. The highest BCUT2D eigenvalue weighted by molar-refractivity contribution is 6.81. The van der Waals surface area contributed by atoms with Gasteiger partial charge in [-0.1, -0.05) is 88.6 Å². The Morgan fingerprint density at radius 2 is 1.79 bits per heavy atom. The summed E-state index contributed by atoms with van der Waals surface area (Å²) in [6.07, 6.45) is 7.87. The van der Waals surface area contributed by atoms with Crippen molar-refractivity contribution < 1.29 is 0 Å². The Bertz CT molecular complexity index is 453. The van der Waals surface area contributed by atoms with Crippen LogP contribution < -0.4 is 0 Å². The first-order valence-corrected chi connectivity index (χ1v) is 10.7. The van der Waals surface area contributed by atoms with Crippen molar-refractivity contribution in [3.05, 3.63) is 53.2 Å². The van der Waals surface area contributed by atoms with Crippen molar-refractivity contribution in [2.45, 2.75) is 46.8 Å². The summed E-state index contributed by atoms with van der Waals surface area (Å²) in [5.41, 5.74) is 5.38. The average Bonchev–Trinajstić information content (AvgIpc) is 2.24. The van der Waals surface area contributed by atoms with Gasteiger partial charge in [-0.05, 0) is 23.0 Å². The Labute approximate surface area is 120 Å². The van der Waals surface area contributed by atoms with Crippen molar-refractivity contribution in [3.63, 3.8) is 0 Å². The van der Waals surface area contributed by atoms with Crippen LogP contribution >= 0.6 is 0 Å². The smallest absolute Gasteiger partial charge is 0.0687 e. The van der Waals surface area contributed by atoms with E-state index < -0.39 is 8.07 Å². The number of hydrogen-bond acceptors (Lipinski definition) is 0. The Kier molecular flexibility index (Phi) is 5.36. The maximum absolute atomic E-state index is 2.40. The van der Waals surface area contributed by atoms with Crippen LogP contribution in [0.1, 0.15) is 31.9 Å². The second kappa shape index (κ2) is 6.38. The molecule has 0 heterocycles. The van der Waals surface area contributed by atoms with Crippen LogP contribution in [-0.2, 0) is 6.42 Å². The first-order valence-electron chi connectivity index (χ1n) is 7.12. The Balaban J connectivity index is 2.73. The first kappa shape index (κ1) is 16.0. The van der Waals surface area contributed by atoms with Gasteiger partial charge in [0.25, 0.3) is 0 Å². The Morgan fingerprint density at radius 1 is 1.11 bits per heavy atom. The molecule has 0 N–H and O–H groups in total. The molecule has 1 rings (SSSR count). The van der Waals surface area contributed by atoms with Gasteiger partial charge in [0.05, 0.1) is 8.07 Å². The lowest BCUT2D eigenvalue weighted by molar-refractivity contribution is 0.542. The summed E-state index contributed by atoms with van der Waals surface area (Å²) >= 11 is 0. The largest absolute Gasteiger partial charge is 0.0944 e. The molecule has 0 aromatic heterocycles. The normalized spacial score (nSPS) is 13.6. The second-order valence-electron chi connectivity index (χ2n) is 7.42. The van der Waals surface area contributed by atoms with Gasteiger partial charge < -0.3 is 0 Å². The van der Waals surface area contributed by atoms with Gasteiger partial charge in [-0.15, -0.1) is 0 Å². The molecular weight excluding hydrogens is 244 g/mol. The highest BCUT2D eigenvalue weighted by atomic mass is 28.3. The summed E-state index contributed by atoms with van der Waals surface area (Å²) in [6.45, 7) is 13.8. The molecule has 1 heteroatoms. The number of rotatable bonds is 4. The van der Waals surface area contributed by atoms with Gasteiger partial charge >= 0.3 is 0 Å². The van der Waals surface area contributed by atoms with Gasteiger partial charge in [-0.25, -0.2) is 0 Å². The van der Waals surface area contributed by atoms with Crippen molar-refractivity contribution in [2.24, 2.45) is 5.41 Å². The average molecular weight is 273 g/mol. The predicted octanol–water partition coefficient (Wildman–Crippen LogP) is 5.72. The van der Waals surface area contributed by atoms with Crippen LogP contribution in [0.4, 0.5) is 0 Å². The van der Waals surface area contributed by atoms with Crippen molar-refractivity contribution in [3.8, 4) is 0 Å². The van der Waals surface area contributed by atoms with Crippen LogP contribution in [0.3, 0.4) is 0 Å². The summed E-state index contributed by atoms with van der Waals surface area (Å²) in [5, 5.41) is 0. The van der Waals surface area contributed by atoms with E-state index in [4.69, 9.17) is 0 Å². The van der Waals surface area contributed by atoms with Crippen molar-refractivity contribution in [1.29, 1.82) is 0 Å². The minimum absolute atomic E-state index is 0.273. The molecule has 0 aliphatic carbocycles. The molecule has 0 radical (unpaired) electrons. The lowest BCUT2D eigenvalue weighted by Gasteiger charge is -2.11. The molecular formula is C18H28Si. The maximum Gasteiger partial charge on any atom is 0.0687 e. The van der Waals surface area contributed by atoms with Gasteiger partial charge in [0.2, 0.25) is 0 Å². The van der Waals surface area contributed by atoms with Gasteiger partial charge in [-0.3, -0.25) is 0 Å². The van der Waals surface area contributed by atoms with Crippen molar-refractivity contribution >= 4 is 14.1 Å². The van der Waals surface area contributed by atoms with Gasteiger partial charge in [0.1, 0.15) is 0 Å². The van der Waals surface area contributed by atoms with E-state index >= 15 is 0 Å². The molecule has 0 amide bonds. The minimum Gasteiger partial charge on any atom is -0.0944 e. The number of hydrogen-bond donors (Lipinski definition) is 0. The van der Waals surface area contributed by atoms with Gasteiger partial charge in [0, 0.05) is 0 Å². The second-order valence-corrected chi connectivity index (χ2v) is 12.5. The van der Waals surface area contributed by atoms with E-state index in [0.717, 1.165) is 6.42 Å². The van der Waals surface area contributed by atoms with Gasteiger partial charge in [0.15, 0.2) is 0 Å². The topological polar surface area (TPSA) is 0 Å². The summed E-state index contributed by atoms with van der Waals surface area (Å²) in [5.74, 6) is 0. The molecule has 0 nitrogen and oxygen atoms in total. The highest BCUT2D eigenvalue weighted by Crippen LogP contribution is 2.16. The number of allylic oxidation sites excluding steroid dienone is 2. The van der Waals surface area contributed by atoms with E-state index in [2.05, 4.69) is 88.6 Å². The summed E-state index contributed by atoms with van der Waals surface area (Å²) in [6, 6.07) is 8.85. The van der Waals surface area contributed by atoms with Crippen LogP contribution in [0.25, 0.3) is 6.08 Å². The molecule has 0 atom stereocenters. The highest BCUT2D eigenvalue weighted by Gasteiger charge is 2.06. The van der Waals surface area contributed by atoms with Crippen LogP contribution in [0.15, 0.2) is 42.1 Å². The van der Waals surface area contributed by atoms with E-state index in [9.17, 15) is 0 Å².